The molecule has 4 atom stereocenters. The van der Waals surface area contributed by atoms with E-state index in [-0.39, 0.29) is 17.9 Å². The predicted octanol–water partition coefficient (Wildman–Crippen LogP) is 4.50. The Morgan fingerprint density at radius 3 is 2.59 bits per heavy atom. The summed E-state index contributed by atoms with van der Waals surface area (Å²) in [6.45, 7) is 8.79. The molecule has 174 valence electrons. The molecule has 0 radical (unpaired) electrons. The maximum atomic E-state index is 13.8. The summed E-state index contributed by atoms with van der Waals surface area (Å²) < 4.78 is 34.9. The molecule has 1 N–H and O–H groups in total. The first-order valence-corrected chi connectivity index (χ1v) is 11.4. The number of carbonyl (C=O) groups excluding carboxylic acids is 1. The Kier molecular flexibility index (Phi) is 6.40. The van der Waals surface area contributed by atoms with Gasteiger partial charge >= 0.3 is 0 Å². The standard InChI is InChI=1S/C24H32F2N4O2/c1-14-8-15(2)10-19(9-14)32-17(4)24(31)29-7-5-6-18(13-29)20-12-21(23(25)26)30-22(27-20)11-16(3)28-30/h8-11,17-18,20-21,23,27H,5-7,12-13H2,1-4H3/t17-,18-,20+,21-/m1/s1. The van der Waals surface area contributed by atoms with E-state index in [1.54, 1.807) is 6.92 Å². The number of ether oxygens (including phenoxy) is 1. The van der Waals surface area contributed by atoms with Gasteiger partial charge < -0.3 is 15.0 Å². The van der Waals surface area contributed by atoms with Crippen molar-refractivity contribution in [1.82, 2.24) is 14.7 Å². The van der Waals surface area contributed by atoms with Crippen LogP contribution in [0.5, 0.6) is 5.75 Å². The zero-order valence-electron chi connectivity index (χ0n) is 19.1. The summed E-state index contributed by atoms with van der Waals surface area (Å²) in [5, 5.41) is 7.66. The number of halogens is 2. The molecular weight excluding hydrogens is 414 g/mol. The summed E-state index contributed by atoms with van der Waals surface area (Å²) in [6, 6.07) is 6.67. The third-order valence-electron chi connectivity index (χ3n) is 6.49. The van der Waals surface area contributed by atoms with Gasteiger partial charge in [-0.05, 0) is 76.1 Å². The number of hydrogen-bond donors (Lipinski definition) is 1. The number of alkyl halides is 2. The number of aryl methyl sites for hydroxylation is 3. The Hall–Kier alpha value is -2.64. The Morgan fingerprint density at radius 2 is 1.91 bits per heavy atom. The Morgan fingerprint density at radius 1 is 1.19 bits per heavy atom. The van der Waals surface area contributed by atoms with Gasteiger partial charge in [0.15, 0.2) is 6.10 Å². The van der Waals surface area contributed by atoms with Gasteiger partial charge in [0.05, 0.1) is 5.69 Å². The van der Waals surface area contributed by atoms with Crippen LogP contribution in [0.4, 0.5) is 14.6 Å². The van der Waals surface area contributed by atoms with E-state index in [1.165, 1.54) is 4.68 Å². The maximum absolute atomic E-state index is 13.8. The van der Waals surface area contributed by atoms with Crippen LogP contribution in [0.25, 0.3) is 0 Å². The van der Waals surface area contributed by atoms with E-state index in [4.69, 9.17) is 4.74 Å². The largest absolute Gasteiger partial charge is 0.481 e. The van der Waals surface area contributed by atoms with Crippen LogP contribution >= 0.6 is 0 Å². The predicted molar refractivity (Wildman–Crippen MR) is 119 cm³/mol. The molecule has 0 saturated carbocycles. The first-order chi connectivity index (χ1) is 15.2. The summed E-state index contributed by atoms with van der Waals surface area (Å²) in [5.74, 6) is 1.37. The number of nitrogens with zero attached hydrogens (tertiary/aromatic N) is 3. The van der Waals surface area contributed by atoms with E-state index in [1.807, 2.05) is 43.9 Å². The van der Waals surface area contributed by atoms with E-state index < -0.39 is 18.6 Å². The lowest BCUT2D eigenvalue weighted by Gasteiger charge is -2.41. The van der Waals surface area contributed by atoms with Crippen molar-refractivity contribution in [3.63, 3.8) is 0 Å². The van der Waals surface area contributed by atoms with E-state index in [2.05, 4.69) is 16.5 Å². The molecule has 32 heavy (non-hydrogen) atoms. The van der Waals surface area contributed by atoms with Crippen LogP contribution in [0, 0.1) is 26.7 Å². The first-order valence-electron chi connectivity index (χ1n) is 11.4. The van der Waals surface area contributed by atoms with Crippen LogP contribution in [0.1, 0.15) is 49.0 Å². The van der Waals surface area contributed by atoms with Crippen LogP contribution in [0.3, 0.4) is 0 Å². The van der Waals surface area contributed by atoms with E-state index in [9.17, 15) is 13.6 Å². The fraction of sp³-hybridized carbons (Fsp3) is 0.583. The molecule has 1 fully saturated rings. The highest BCUT2D eigenvalue weighted by molar-refractivity contribution is 5.81. The van der Waals surface area contributed by atoms with Crippen molar-refractivity contribution < 1.29 is 18.3 Å². The molecular formula is C24H32F2N4O2. The third kappa shape index (κ3) is 4.74. The lowest BCUT2D eigenvalue weighted by Crippen LogP contribution is -2.50. The van der Waals surface area contributed by atoms with Gasteiger partial charge in [0.25, 0.3) is 12.3 Å². The molecule has 2 aliphatic heterocycles. The topological polar surface area (TPSA) is 59.4 Å². The molecule has 3 heterocycles. The number of rotatable bonds is 5. The van der Waals surface area contributed by atoms with Crippen LogP contribution in [0.15, 0.2) is 24.3 Å². The van der Waals surface area contributed by atoms with Gasteiger partial charge in [-0.2, -0.15) is 5.10 Å². The zero-order valence-corrected chi connectivity index (χ0v) is 19.1. The van der Waals surface area contributed by atoms with Crippen LogP contribution in [0.2, 0.25) is 0 Å². The highest BCUT2D eigenvalue weighted by Gasteiger charge is 2.39. The van der Waals surface area contributed by atoms with E-state index in [0.29, 0.717) is 31.1 Å². The summed E-state index contributed by atoms with van der Waals surface area (Å²) in [5.41, 5.74) is 2.89. The van der Waals surface area contributed by atoms with E-state index in [0.717, 1.165) is 29.7 Å². The van der Waals surface area contributed by atoms with Gasteiger partial charge in [-0.15, -0.1) is 0 Å². The highest BCUT2D eigenvalue weighted by Crippen LogP contribution is 2.36. The second-order valence-electron chi connectivity index (χ2n) is 9.27. The molecule has 2 aliphatic rings. The SMILES string of the molecule is Cc1cc(C)cc(O[C@H](C)C(=O)N2CCC[C@@H]([C@@H]3C[C@H](C(F)F)n4nc(C)cc4N3)C2)c1. The second-order valence-corrected chi connectivity index (χ2v) is 9.27. The van der Waals surface area contributed by atoms with Gasteiger partial charge in [-0.3, -0.25) is 4.79 Å². The van der Waals surface area contributed by atoms with Gasteiger partial charge in [-0.25, -0.2) is 13.5 Å². The number of nitrogens with one attached hydrogen (secondary N) is 1. The molecule has 0 aliphatic carbocycles. The van der Waals surface area contributed by atoms with Crippen molar-refractivity contribution in [3.05, 3.63) is 41.1 Å². The smallest absolute Gasteiger partial charge is 0.263 e. The molecule has 0 bridgehead atoms. The van der Waals surface area contributed by atoms with Gasteiger partial charge in [0, 0.05) is 25.2 Å². The monoisotopic (exact) mass is 446 g/mol. The summed E-state index contributed by atoms with van der Waals surface area (Å²) in [7, 11) is 0. The van der Waals surface area contributed by atoms with Crippen LogP contribution in [-0.2, 0) is 4.79 Å². The second kappa shape index (κ2) is 9.08. The van der Waals surface area contributed by atoms with Crippen LogP contribution < -0.4 is 10.1 Å². The quantitative estimate of drug-likeness (QED) is 0.735. The molecule has 0 spiro atoms. The number of benzene rings is 1. The number of aromatic nitrogens is 2. The molecule has 8 heteroatoms. The summed E-state index contributed by atoms with van der Waals surface area (Å²) >= 11 is 0. The fourth-order valence-corrected chi connectivity index (χ4v) is 5.06. The molecule has 2 aromatic rings. The van der Waals surface area contributed by atoms with Gasteiger partial charge in [-0.1, -0.05) is 6.07 Å². The Balaban J connectivity index is 1.43. The molecule has 1 aromatic carbocycles. The molecule has 1 aromatic heterocycles. The van der Waals surface area contributed by atoms with E-state index >= 15 is 0 Å². The number of fused-ring (bicyclic) bond motifs is 1. The van der Waals surface area contributed by atoms with Crippen molar-refractivity contribution in [2.75, 3.05) is 18.4 Å². The molecule has 0 unspecified atom stereocenters. The van der Waals surface area contributed by atoms with Crippen LogP contribution in [-0.4, -0.2) is 52.2 Å². The average molecular weight is 447 g/mol. The fourth-order valence-electron chi connectivity index (χ4n) is 5.06. The van der Waals surface area contributed by atoms with Crippen molar-refractivity contribution in [1.29, 1.82) is 0 Å². The zero-order chi connectivity index (χ0) is 23.0. The van der Waals surface area contributed by atoms with Crippen molar-refractivity contribution >= 4 is 11.7 Å². The first kappa shape index (κ1) is 22.6. The highest BCUT2D eigenvalue weighted by atomic mass is 19.3. The summed E-state index contributed by atoms with van der Waals surface area (Å²) in [6.07, 6.45) is -1.04. The molecule has 1 saturated heterocycles. The summed E-state index contributed by atoms with van der Waals surface area (Å²) in [4.78, 5) is 15.0. The lowest BCUT2D eigenvalue weighted by molar-refractivity contribution is -0.140. The Bertz CT molecular complexity index is 957. The minimum atomic E-state index is -2.48. The number of anilines is 1. The van der Waals surface area contributed by atoms with Gasteiger partial charge in [0.1, 0.15) is 17.6 Å². The number of amides is 1. The van der Waals surface area contributed by atoms with Crippen molar-refractivity contribution in [3.8, 4) is 5.75 Å². The van der Waals surface area contributed by atoms with Crippen molar-refractivity contribution in [2.24, 2.45) is 5.92 Å². The maximum Gasteiger partial charge on any atom is 0.263 e. The number of carbonyl (C=O) groups is 1. The normalized spacial score (nSPS) is 24.1. The number of likely N-dealkylation sites (tertiary alicyclic amines) is 1. The minimum Gasteiger partial charge on any atom is -0.481 e. The lowest BCUT2D eigenvalue weighted by atomic mass is 9.86. The van der Waals surface area contributed by atoms with Gasteiger partial charge in [0.2, 0.25) is 0 Å². The van der Waals surface area contributed by atoms with Crippen molar-refractivity contribution in [2.45, 2.75) is 71.6 Å². The average Bonchev–Trinajstić information content (AvgIpc) is 3.11. The molecule has 6 nitrogen and oxygen atoms in total. The molecule has 4 rings (SSSR count). The minimum absolute atomic E-state index is 0.0593. The number of hydrogen-bond acceptors (Lipinski definition) is 4. The number of piperidine rings is 1. The third-order valence-corrected chi connectivity index (χ3v) is 6.49. The Labute approximate surface area is 187 Å². The molecule has 1 amide bonds.